The van der Waals surface area contributed by atoms with Crippen LogP contribution in [-0.4, -0.2) is 11.7 Å². The Morgan fingerprint density at radius 1 is 1.10 bits per heavy atom. The molecular formula is C15H11ClFNO2. The predicted octanol–water partition coefficient (Wildman–Crippen LogP) is 3.45. The smallest absolute Gasteiger partial charge is 0.251 e. The monoisotopic (exact) mass is 291 g/mol. The van der Waals surface area contributed by atoms with Gasteiger partial charge in [-0.2, -0.15) is 0 Å². The van der Waals surface area contributed by atoms with Crippen molar-refractivity contribution >= 4 is 23.3 Å². The molecule has 3 nitrogen and oxygen atoms in total. The molecule has 20 heavy (non-hydrogen) atoms. The van der Waals surface area contributed by atoms with Gasteiger partial charge in [-0.05, 0) is 24.6 Å². The van der Waals surface area contributed by atoms with Crippen LogP contribution in [0.4, 0.5) is 4.39 Å². The molecule has 102 valence electrons. The third-order valence-corrected chi connectivity index (χ3v) is 3.12. The molecular weight excluding hydrogens is 281 g/mol. The molecule has 2 aromatic carbocycles. The molecule has 0 aliphatic rings. The van der Waals surface area contributed by atoms with Crippen molar-refractivity contribution in [2.45, 2.75) is 6.92 Å². The number of nitrogens with two attached hydrogens (primary N) is 1. The first-order valence-corrected chi connectivity index (χ1v) is 6.18. The minimum Gasteiger partial charge on any atom is -0.366 e. The fourth-order valence-electron chi connectivity index (χ4n) is 1.99. The predicted molar refractivity (Wildman–Crippen MR) is 75.4 cm³/mol. The van der Waals surface area contributed by atoms with Gasteiger partial charge < -0.3 is 5.73 Å². The van der Waals surface area contributed by atoms with E-state index in [1.807, 2.05) is 0 Å². The van der Waals surface area contributed by atoms with Gasteiger partial charge in [0.15, 0.2) is 5.78 Å². The molecule has 2 aromatic rings. The summed E-state index contributed by atoms with van der Waals surface area (Å²) in [7, 11) is 0. The first-order chi connectivity index (χ1) is 9.41. The van der Waals surface area contributed by atoms with Crippen molar-refractivity contribution in [3.63, 3.8) is 0 Å². The number of amides is 1. The molecule has 0 bridgehead atoms. The van der Waals surface area contributed by atoms with Crippen LogP contribution in [0.3, 0.4) is 0 Å². The Kier molecular flexibility index (Phi) is 3.86. The Bertz CT molecular complexity index is 713. The highest BCUT2D eigenvalue weighted by molar-refractivity contribution is 6.31. The van der Waals surface area contributed by atoms with E-state index in [2.05, 4.69) is 0 Å². The van der Waals surface area contributed by atoms with Crippen molar-refractivity contribution in [2.24, 2.45) is 5.73 Å². The lowest BCUT2D eigenvalue weighted by Crippen LogP contribution is -2.14. The third kappa shape index (κ3) is 2.56. The maximum atomic E-state index is 14.4. The van der Waals surface area contributed by atoms with Gasteiger partial charge in [0.25, 0.3) is 5.91 Å². The van der Waals surface area contributed by atoms with Crippen LogP contribution < -0.4 is 5.73 Å². The molecule has 2 rings (SSSR count). The van der Waals surface area contributed by atoms with Gasteiger partial charge in [-0.25, -0.2) is 4.39 Å². The number of ketones is 1. The summed E-state index contributed by atoms with van der Waals surface area (Å²) in [6.07, 6.45) is 0. The molecule has 0 saturated heterocycles. The van der Waals surface area contributed by atoms with Crippen LogP contribution in [0.5, 0.6) is 0 Å². The van der Waals surface area contributed by atoms with Crippen molar-refractivity contribution in [3.8, 4) is 11.1 Å². The van der Waals surface area contributed by atoms with Gasteiger partial charge in [-0.1, -0.05) is 35.9 Å². The van der Waals surface area contributed by atoms with Crippen LogP contribution in [0, 0.1) is 5.82 Å². The van der Waals surface area contributed by atoms with Gasteiger partial charge in [-0.15, -0.1) is 0 Å². The summed E-state index contributed by atoms with van der Waals surface area (Å²) in [6, 6.07) is 9.06. The number of hydrogen-bond donors (Lipinski definition) is 1. The number of Topliss-reactive ketones (excluding diaryl/α,β-unsaturated/α-hetero) is 1. The number of carbonyl (C=O) groups is 2. The minimum absolute atomic E-state index is 0.0806. The van der Waals surface area contributed by atoms with Gasteiger partial charge >= 0.3 is 0 Å². The summed E-state index contributed by atoms with van der Waals surface area (Å²) in [5, 5.41) is 0.175. The van der Waals surface area contributed by atoms with Gasteiger partial charge in [0.1, 0.15) is 5.82 Å². The highest BCUT2D eigenvalue weighted by Crippen LogP contribution is 2.31. The zero-order valence-corrected chi connectivity index (χ0v) is 11.4. The molecule has 0 saturated carbocycles. The van der Waals surface area contributed by atoms with Crippen molar-refractivity contribution in [2.75, 3.05) is 0 Å². The highest BCUT2D eigenvalue weighted by atomic mass is 35.5. The summed E-state index contributed by atoms with van der Waals surface area (Å²) in [6.45, 7) is 1.39. The normalized spacial score (nSPS) is 10.3. The van der Waals surface area contributed by atoms with Crippen molar-refractivity contribution in [3.05, 3.63) is 58.4 Å². The SMILES string of the molecule is CC(=O)c1ccccc1-c1cc(Cl)cc(C(N)=O)c1F. The largest absolute Gasteiger partial charge is 0.366 e. The fraction of sp³-hybridized carbons (Fsp3) is 0.0667. The van der Waals surface area contributed by atoms with Gasteiger partial charge in [0, 0.05) is 16.1 Å². The Balaban J connectivity index is 2.77. The lowest BCUT2D eigenvalue weighted by atomic mass is 9.95. The average Bonchev–Trinajstić information content (AvgIpc) is 2.40. The topological polar surface area (TPSA) is 60.2 Å². The maximum absolute atomic E-state index is 14.4. The second-order valence-corrected chi connectivity index (χ2v) is 4.72. The second-order valence-electron chi connectivity index (χ2n) is 4.28. The van der Waals surface area contributed by atoms with E-state index in [0.29, 0.717) is 11.1 Å². The van der Waals surface area contributed by atoms with Crippen molar-refractivity contribution in [1.82, 2.24) is 0 Å². The van der Waals surface area contributed by atoms with Crippen LogP contribution in [0.25, 0.3) is 11.1 Å². The number of primary amides is 1. The van der Waals surface area contributed by atoms with E-state index < -0.39 is 11.7 Å². The Morgan fingerprint density at radius 2 is 1.75 bits per heavy atom. The Hall–Kier alpha value is -2.20. The third-order valence-electron chi connectivity index (χ3n) is 2.90. The van der Waals surface area contributed by atoms with Crippen molar-refractivity contribution in [1.29, 1.82) is 0 Å². The summed E-state index contributed by atoms with van der Waals surface area (Å²) in [5.41, 5.74) is 5.63. The zero-order chi connectivity index (χ0) is 14.9. The average molecular weight is 292 g/mol. The second kappa shape index (κ2) is 5.43. The van der Waals surface area contributed by atoms with Gasteiger partial charge in [0.05, 0.1) is 5.56 Å². The molecule has 1 amide bonds. The molecule has 0 aromatic heterocycles. The molecule has 0 aliphatic heterocycles. The number of rotatable bonds is 3. The molecule has 0 radical (unpaired) electrons. The summed E-state index contributed by atoms with van der Waals surface area (Å²) in [4.78, 5) is 22.8. The summed E-state index contributed by atoms with van der Waals surface area (Å²) < 4.78 is 14.4. The number of halogens is 2. The van der Waals surface area contributed by atoms with E-state index in [4.69, 9.17) is 17.3 Å². The van der Waals surface area contributed by atoms with Crippen LogP contribution in [-0.2, 0) is 0 Å². The molecule has 0 fully saturated rings. The Labute approximate surface area is 120 Å². The van der Waals surface area contributed by atoms with E-state index in [-0.39, 0.29) is 21.9 Å². The first kappa shape index (κ1) is 14.2. The van der Waals surface area contributed by atoms with Crippen LogP contribution in [0.1, 0.15) is 27.6 Å². The molecule has 0 unspecified atom stereocenters. The molecule has 5 heteroatoms. The number of benzene rings is 2. The highest BCUT2D eigenvalue weighted by Gasteiger charge is 2.18. The standard InChI is InChI=1S/C15H11ClFNO2/c1-8(19)10-4-2-3-5-11(10)12-6-9(16)7-13(14(12)17)15(18)20/h2-7H,1H3,(H2,18,20). The quantitative estimate of drug-likeness (QED) is 0.881. The van der Waals surface area contributed by atoms with E-state index in [1.54, 1.807) is 24.3 Å². The maximum Gasteiger partial charge on any atom is 0.251 e. The fourth-order valence-corrected chi connectivity index (χ4v) is 2.21. The zero-order valence-electron chi connectivity index (χ0n) is 10.6. The molecule has 2 N–H and O–H groups in total. The number of carbonyl (C=O) groups excluding carboxylic acids is 2. The summed E-state index contributed by atoms with van der Waals surface area (Å²) in [5.74, 6) is -1.90. The molecule has 0 spiro atoms. The molecule has 0 aliphatic carbocycles. The van der Waals surface area contributed by atoms with Gasteiger partial charge in [-0.3, -0.25) is 9.59 Å². The van der Waals surface area contributed by atoms with E-state index in [1.165, 1.54) is 19.1 Å². The Morgan fingerprint density at radius 3 is 2.35 bits per heavy atom. The van der Waals surface area contributed by atoms with E-state index >= 15 is 0 Å². The van der Waals surface area contributed by atoms with E-state index in [9.17, 15) is 14.0 Å². The number of hydrogen-bond acceptors (Lipinski definition) is 2. The molecule has 0 heterocycles. The van der Waals surface area contributed by atoms with Crippen LogP contribution in [0.2, 0.25) is 5.02 Å². The minimum atomic E-state index is -0.911. The lowest BCUT2D eigenvalue weighted by molar-refractivity contribution is 0.0993. The first-order valence-electron chi connectivity index (χ1n) is 5.81. The van der Waals surface area contributed by atoms with Crippen LogP contribution in [0.15, 0.2) is 36.4 Å². The van der Waals surface area contributed by atoms with Gasteiger partial charge in [0.2, 0.25) is 0 Å². The lowest BCUT2D eigenvalue weighted by Gasteiger charge is -2.11. The summed E-state index contributed by atoms with van der Waals surface area (Å²) >= 11 is 5.89. The van der Waals surface area contributed by atoms with Crippen molar-refractivity contribution < 1.29 is 14.0 Å². The van der Waals surface area contributed by atoms with Crippen LogP contribution >= 0.6 is 11.6 Å². The van der Waals surface area contributed by atoms with E-state index in [0.717, 1.165) is 0 Å². The molecule has 0 atom stereocenters.